The van der Waals surface area contributed by atoms with Crippen molar-refractivity contribution in [1.82, 2.24) is 14.5 Å². The van der Waals surface area contributed by atoms with Crippen LogP contribution in [-0.2, 0) is 24.3 Å². The third-order valence-electron chi connectivity index (χ3n) is 7.43. The number of aromatic nitrogens is 3. The number of hydrogen-bond donors (Lipinski definition) is 1. The summed E-state index contributed by atoms with van der Waals surface area (Å²) in [4.78, 5) is 20.2. The zero-order chi connectivity index (χ0) is 30.2. The van der Waals surface area contributed by atoms with Crippen LogP contribution in [0, 0.1) is 30.2 Å². The second-order valence-electron chi connectivity index (χ2n) is 10.4. The molecule has 1 aliphatic rings. The van der Waals surface area contributed by atoms with Crippen molar-refractivity contribution in [3.63, 3.8) is 0 Å². The smallest absolute Gasteiger partial charge is 0.335 e. The molecule has 1 N–H and O–H groups in total. The summed E-state index contributed by atoms with van der Waals surface area (Å²) in [5.74, 6) is -5.02. The molecule has 1 saturated heterocycles. The van der Waals surface area contributed by atoms with E-state index in [1.807, 2.05) is 0 Å². The second kappa shape index (κ2) is 11.5. The van der Waals surface area contributed by atoms with Gasteiger partial charge in [0.2, 0.25) is 5.88 Å². The molecule has 3 heterocycles. The Balaban J connectivity index is 1.30. The fraction of sp³-hybridized carbons (Fsp3) is 0.219. The van der Waals surface area contributed by atoms with Gasteiger partial charge in [-0.1, -0.05) is 18.2 Å². The highest BCUT2D eigenvalue weighted by Crippen LogP contribution is 2.31. The van der Waals surface area contributed by atoms with Crippen LogP contribution >= 0.6 is 0 Å². The van der Waals surface area contributed by atoms with Gasteiger partial charge < -0.3 is 19.1 Å². The molecule has 2 aromatic heterocycles. The van der Waals surface area contributed by atoms with E-state index < -0.39 is 46.8 Å². The molecule has 11 heteroatoms. The van der Waals surface area contributed by atoms with E-state index in [-0.39, 0.29) is 35.7 Å². The fourth-order valence-electron chi connectivity index (χ4n) is 4.98. The second-order valence-corrected chi connectivity index (χ2v) is 10.4. The molecule has 5 aromatic rings. The molecule has 0 aliphatic carbocycles. The molecule has 0 bridgehead atoms. The minimum atomic E-state index is -1.39. The Bertz CT molecular complexity index is 1870. The van der Waals surface area contributed by atoms with Crippen molar-refractivity contribution in [2.45, 2.75) is 39.0 Å². The predicted octanol–water partition coefficient (Wildman–Crippen LogP) is 6.62. The number of pyridine rings is 1. The summed E-state index contributed by atoms with van der Waals surface area (Å²) in [5, 5.41) is 9.44. The summed E-state index contributed by atoms with van der Waals surface area (Å²) >= 11 is 0. The van der Waals surface area contributed by atoms with Gasteiger partial charge in [0, 0.05) is 35.8 Å². The van der Waals surface area contributed by atoms with Gasteiger partial charge in [0.15, 0.2) is 11.6 Å². The SMILES string of the molecule is Cc1ccc(COc2cccc(-c3cc(F)c(Cc4nc5ccc(C(=O)O)cc5n4CC4CCO4)c(F)c3F)n2)c(F)c1. The highest BCUT2D eigenvalue weighted by molar-refractivity contribution is 5.92. The molecule has 1 atom stereocenters. The first-order chi connectivity index (χ1) is 20.7. The van der Waals surface area contributed by atoms with Gasteiger partial charge in [-0.15, -0.1) is 0 Å². The summed E-state index contributed by atoms with van der Waals surface area (Å²) in [6.45, 7) is 2.48. The number of benzene rings is 3. The van der Waals surface area contributed by atoms with E-state index in [1.165, 1.54) is 42.5 Å². The summed E-state index contributed by atoms with van der Waals surface area (Å²) in [7, 11) is 0. The number of aromatic carboxylic acids is 1. The fourth-order valence-corrected chi connectivity index (χ4v) is 4.98. The summed E-state index contributed by atoms with van der Waals surface area (Å²) in [6.07, 6.45) is 0.207. The number of halogens is 4. The van der Waals surface area contributed by atoms with E-state index in [0.29, 0.717) is 29.7 Å². The van der Waals surface area contributed by atoms with Gasteiger partial charge in [0.25, 0.3) is 0 Å². The molecule has 1 unspecified atom stereocenters. The molecule has 6 rings (SSSR count). The van der Waals surface area contributed by atoms with Crippen molar-refractivity contribution in [1.29, 1.82) is 0 Å². The van der Waals surface area contributed by atoms with Gasteiger partial charge in [-0.3, -0.25) is 0 Å². The Morgan fingerprint density at radius 1 is 1.02 bits per heavy atom. The molecular formula is C32H25F4N3O4. The number of rotatable bonds is 9. The number of carboxylic acid groups (broad SMARTS) is 1. The first kappa shape index (κ1) is 28.4. The number of ether oxygens (including phenoxy) is 2. The highest BCUT2D eigenvalue weighted by atomic mass is 19.2. The number of aryl methyl sites for hydroxylation is 1. The maximum absolute atomic E-state index is 15.5. The van der Waals surface area contributed by atoms with Crippen LogP contribution < -0.4 is 4.74 Å². The molecule has 1 aliphatic heterocycles. The third kappa shape index (κ3) is 5.68. The molecule has 220 valence electrons. The van der Waals surface area contributed by atoms with Crippen LogP contribution in [0.15, 0.2) is 60.7 Å². The van der Waals surface area contributed by atoms with Gasteiger partial charge >= 0.3 is 5.97 Å². The lowest BCUT2D eigenvalue weighted by Crippen LogP contribution is -2.31. The van der Waals surface area contributed by atoms with Crippen LogP contribution in [0.5, 0.6) is 5.88 Å². The molecule has 1 fully saturated rings. The Kier molecular flexibility index (Phi) is 7.57. The molecule has 7 nitrogen and oxygen atoms in total. The van der Waals surface area contributed by atoms with E-state index in [9.17, 15) is 14.3 Å². The molecular weight excluding hydrogens is 566 g/mol. The van der Waals surface area contributed by atoms with Crippen molar-refractivity contribution in [3.8, 4) is 17.1 Å². The van der Waals surface area contributed by atoms with Gasteiger partial charge in [-0.05, 0) is 55.3 Å². The van der Waals surface area contributed by atoms with Crippen LogP contribution in [0.4, 0.5) is 17.6 Å². The van der Waals surface area contributed by atoms with E-state index in [2.05, 4.69) is 9.97 Å². The lowest BCUT2D eigenvalue weighted by atomic mass is 10.0. The molecule has 43 heavy (non-hydrogen) atoms. The average molecular weight is 592 g/mol. The minimum Gasteiger partial charge on any atom is -0.478 e. The average Bonchev–Trinajstić information content (AvgIpc) is 3.30. The quantitative estimate of drug-likeness (QED) is 0.153. The summed E-state index contributed by atoms with van der Waals surface area (Å²) < 4.78 is 73.3. The van der Waals surface area contributed by atoms with Crippen molar-refractivity contribution < 1.29 is 36.9 Å². The van der Waals surface area contributed by atoms with Crippen molar-refractivity contribution >= 4 is 17.0 Å². The molecule has 0 amide bonds. The monoisotopic (exact) mass is 591 g/mol. The third-order valence-corrected chi connectivity index (χ3v) is 7.43. The number of carbonyl (C=O) groups is 1. The molecule has 3 aromatic carbocycles. The van der Waals surface area contributed by atoms with E-state index in [4.69, 9.17) is 9.47 Å². The first-order valence-electron chi connectivity index (χ1n) is 13.5. The van der Waals surface area contributed by atoms with Crippen molar-refractivity contribution in [3.05, 3.63) is 112 Å². The standard InChI is InChI=1S/C32H25F4N3O4/c1-17-5-6-19(23(33)11-17)16-43-29-4-2-3-25(38-29)22-13-24(34)21(30(35)31(22)36)14-28-37-26-8-7-18(32(40)41)12-27(26)39(28)15-20-9-10-42-20/h2-8,11-13,20H,9-10,14-16H2,1H3,(H,40,41). The number of fused-ring (bicyclic) bond motifs is 1. The van der Waals surface area contributed by atoms with Crippen molar-refractivity contribution in [2.75, 3.05) is 6.61 Å². The predicted molar refractivity (Wildman–Crippen MR) is 149 cm³/mol. The number of carboxylic acids is 1. The Hall–Kier alpha value is -4.77. The molecule has 0 radical (unpaired) electrons. The van der Waals surface area contributed by atoms with Gasteiger partial charge in [-0.2, -0.15) is 0 Å². The lowest BCUT2D eigenvalue weighted by Gasteiger charge is -2.27. The topological polar surface area (TPSA) is 86.5 Å². The van der Waals surface area contributed by atoms with E-state index in [1.54, 1.807) is 23.6 Å². The number of hydrogen-bond acceptors (Lipinski definition) is 5. The molecule has 0 spiro atoms. The Labute approximate surface area is 243 Å². The highest BCUT2D eigenvalue weighted by Gasteiger charge is 2.26. The first-order valence-corrected chi connectivity index (χ1v) is 13.5. The summed E-state index contributed by atoms with van der Waals surface area (Å²) in [6, 6.07) is 14.2. The lowest BCUT2D eigenvalue weighted by molar-refractivity contribution is -0.0589. The van der Waals surface area contributed by atoms with Crippen LogP contribution in [0.3, 0.4) is 0 Å². The number of nitrogens with zero attached hydrogens (tertiary/aromatic N) is 3. The maximum atomic E-state index is 15.5. The summed E-state index contributed by atoms with van der Waals surface area (Å²) in [5.41, 5.74) is 0.963. The van der Waals surface area contributed by atoms with Crippen LogP contribution in [0.1, 0.15) is 39.3 Å². The van der Waals surface area contributed by atoms with Crippen LogP contribution in [0.25, 0.3) is 22.3 Å². The normalized spacial score (nSPS) is 14.6. The molecule has 0 saturated carbocycles. The zero-order valence-corrected chi connectivity index (χ0v) is 22.9. The maximum Gasteiger partial charge on any atom is 0.335 e. The van der Waals surface area contributed by atoms with Gasteiger partial charge in [0.05, 0.1) is 34.9 Å². The minimum absolute atomic E-state index is 0.0226. The van der Waals surface area contributed by atoms with Gasteiger partial charge in [0.1, 0.15) is 24.1 Å². The van der Waals surface area contributed by atoms with Crippen molar-refractivity contribution in [2.24, 2.45) is 0 Å². The zero-order valence-electron chi connectivity index (χ0n) is 22.9. The van der Waals surface area contributed by atoms with Gasteiger partial charge in [-0.25, -0.2) is 32.3 Å². The van der Waals surface area contributed by atoms with Crippen LogP contribution in [-0.4, -0.2) is 38.3 Å². The largest absolute Gasteiger partial charge is 0.478 e. The number of imidazole rings is 1. The Morgan fingerprint density at radius 2 is 1.84 bits per heavy atom. The van der Waals surface area contributed by atoms with E-state index >= 15 is 13.2 Å². The van der Waals surface area contributed by atoms with Crippen LogP contribution in [0.2, 0.25) is 0 Å². The van der Waals surface area contributed by atoms with E-state index in [0.717, 1.165) is 18.1 Å². The Morgan fingerprint density at radius 3 is 2.56 bits per heavy atom.